The fourth-order valence-electron chi connectivity index (χ4n) is 3.72. The van der Waals surface area contributed by atoms with E-state index in [1.165, 1.54) is 4.90 Å². The SMILES string of the molecule is O=C(Nc1cccc2cnccc12)C1CN(C(=O)O)CC1c1ccccc1. The average Bonchev–Trinajstić information content (AvgIpc) is 3.15. The molecule has 1 saturated heterocycles. The minimum Gasteiger partial charge on any atom is -0.465 e. The number of carbonyl (C=O) groups is 2. The zero-order valence-electron chi connectivity index (χ0n) is 14.6. The molecule has 2 unspecified atom stereocenters. The van der Waals surface area contributed by atoms with Crippen LogP contribution in [-0.4, -0.2) is 40.1 Å². The number of likely N-dealkylation sites (tertiary alicyclic amines) is 1. The first kappa shape index (κ1) is 17.0. The number of pyridine rings is 1. The molecule has 0 saturated carbocycles. The van der Waals surface area contributed by atoms with Crippen LogP contribution in [0.25, 0.3) is 10.8 Å². The summed E-state index contributed by atoms with van der Waals surface area (Å²) in [6.07, 6.45) is 2.44. The van der Waals surface area contributed by atoms with Crippen LogP contribution in [-0.2, 0) is 4.79 Å². The molecule has 1 aromatic heterocycles. The molecule has 6 heteroatoms. The molecule has 2 heterocycles. The molecule has 6 nitrogen and oxygen atoms in total. The van der Waals surface area contributed by atoms with Gasteiger partial charge in [0.25, 0.3) is 0 Å². The van der Waals surface area contributed by atoms with Crippen molar-refractivity contribution >= 4 is 28.5 Å². The van der Waals surface area contributed by atoms with Gasteiger partial charge in [-0.3, -0.25) is 9.78 Å². The Balaban J connectivity index is 1.63. The fourth-order valence-corrected chi connectivity index (χ4v) is 3.72. The standard InChI is InChI=1S/C21H19N3O3/c25-20(23-19-8-4-7-15-11-22-10-9-16(15)19)18-13-24(21(26)27)12-17(18)14-5-2-1-3-6-14/h1-11,17-18H,12-13H2,(H,23,25)(H,26,27). The van der Waals surface area contributed by atoms with Gasteiger partial charge in [-0.05, 0) is 17.7 Å². The zero-order valence-corrected chi connectivity index (χ0v) is 14.6. The summed E-state index contributed by atoms with van der Waals surface area (Å²) in [6, 6.07) is 17.1. The van der Waals surface area contributed by atoms with Crippen LogP contribution in [0.2, 0.25) is 0 Å². The van der Waals surface area contributed by atoms with Crippen molar-refractivity contribution < 1.29 is 14.7 Å². The predicted octanol–water partition coefficient (Wildman–Crippen LogP) is 3.57. The van der Waals surface area contributed by atoms with Gasteiger partial charge in [0.05, 0.1) is 5.92 Å². The Hall–Kier alpha value is -3.41. The number of carboxylic acid groups (broad SMARTS) is 1. The minimum atomic E-state index is -0.998. The number of nitrogens with one attached hydrogen (secondary N) is 1. The molecule has 2 aromatic carbocycles. The summed E-state index contributed by atoms with van der Waals surface area (Å²) in [6.45, 7) is 0.504. The molecule has 0 spiro atoms. The van der Waals surface area contributed by atoms with E-state index < -0.39 is 12.0 Å². The number of hydrogen-bond acceptors (Lipinski definition) is 3. The molecule has 1 aliphatic rings. The lowest BCUT2D eigenvalue weighted by Gasteiger charge is -2.18. The van der Waals surface area contributed by atoms with E-state index in [1.807, 2.05) is 54.6 Å². The minimum absolute atomic E-state index is 0.168. The second kappa shape index (κ2) is 7.07. The van der Waals surface area contributed by atoms with Crippen molar-refractivity contribution in [3.63, 3.8) is 0 Å². The molecular formula is C21H19N3O3. The van der Waals surface area contributed by atoms with Crippen LogP contribution in [0.15, 0.2) is 67.0 Å². The van der Waals surface area contributed by atoms with E-state index in [4.69, 9.17) is 0 Å². The number of amides is 2. The van der Waals surface area contributed by atoms with Crippen LogP contribution in [0.4, 0.5) is 10.5 Å². The summed E-state index contributed by atoms with van der Waals surface area (Å²) in [5.74, 6) is -0.781. The highest BCUT2D eigenvalue weighted by molar-refractivity contribution is 6.03. The first-order valence-corrected chi connectivity index (χ1v) is 8.80. The van der Waals surface area contributed by atoms with Crippen LogP contribution in [0.1, 0.15) is 11.5 Å². The lowest BCUT2D eigenvalue weighted by Crippen LogP contribution is -2.30. The maximum Gasteiger partial charge on any atom is 0.407 e. The number of carbonyl (C=O) groups excluding carboxylic acids is 1. The first-order valence-electron chi connectivity index (χ1n) is 8.80. The van der Waals surface area contributed by atoms with Crippen molar-refractivity contribution in [2.24, 2.45) is 5.92 Å². The van der Waals surface area contributed by atoms with Crippen LogP contribution in [0.3, 0.4) is 0 Å². The number of rotatable bonds is 3. The molecule has 2 amide bonds. The van der Waals surface area contributed by atoms with Gasteiger partial charge in [0.15, 0.2) is 0 Å². The lowest BCUT2D eigenvalue weighted by atomic mass is 9.88. The van der Waals surface area contributed by atoms with Crippen LogP contribution in [0.5, 0.6) is 0 Å². The number of benzene rings is 2. The lowest BCUT2D eigenvalue weighted by molar-refractivity contribution is -0.119. The number of hydrogen-bond donors (Lipinski definition) is 2. The van der Waals surface area contributed by atoms with Gasteiger partial charge >= 0.3 is 6.09 Å². The highest BCUT2D eigenvalue weighted by atomic mass is 16.4. The monoisotopic (exact) mass is 361 g/mol. The second-order valence-electron chi connectivity index (χ2n) is 6.70. The molecule has 2 atom stereocenters. The summed E-state index contributed by atoms with van der Waals surface area (Å²) in [4.78, 5) is 30.0. The number of aromatic nitrogens is 1. The summed E-state index contributed by atoms with van der Waals surface area (Å²) >= 11 is 0. The van der Waals surface area contributed by atoms with E-state index in [-0.39, 0.29) is 18.4 Å². The topological polar surface area (TPSA) is 82.5 Å². The fraction of sp³-hybridized carbons (Fsp3) is 0.190. The van der Waals surface area contributed by atoms with Gasteiger partial charge in [-0.2, -0.15) is 0 Å². The van der Waals surface area contributed by atoms with Gasteiger partial charge in [0.1, 0.15) is 0 Å². The average molecular weight is 361 g/mol. The van der Waals surface area contributed by atoms with Crippen molar-refractivity contribution in [2.75, 3.05) is 18.4 Å². The Labute approximate surface area is 156 Å². The molecule has 2 N–H and O–H groups in total. The third-order valence-corrected chi connectivity index (χ3v) is 5.09. The van der Waals surface area contributed by atoms with Crippen molar-refractivity contribution in [2.45, 2.75) is 5.92 Å². The van der Waals surface area contributed by atoms with E-state index in [0.29, 0.717) is 12.2 Å². The van der Waals surface area contributed by atoms with E-state index in [9.17, 15) is 14.7 Å². The molecule has 1 aliphatic heterocycles. The molecular weight excluding hydrogens is 342 g/mol. The Morgan fingerprint density at radius 1 is 1.04 bits per heavy atom. The van der Waals surface area contributed by atoms with E-state index >= 15 is 0 Å². The summed E-state index contributed by atoms with van der Waals surface area (Å²) < 4.78 is 0. The summed E-state index contributed by atoms with van der Waals surface area (Å²) in [5.41, 5.74) is 1.68. The van der Waals surface area contributed by atoms with E-state index in [2.05, 4.69) is 10.3 Å². The Bertz CT molecular complexity index is 985. The zero-order chi connectivity index (χ0) is 18.8. The van der Waals surface area contributed by atoms with Crippen molar-refractivity contribution in [1.82, 2.24) is 9.88 Å². The highest BCUT2D eigenvalue weighted by Gasteiger charge is 2.40. The first-order chi connectivity index (χ1) is 13.1. The van der Waals surface area contributed by atoms with Crippen LogP contribution < -0.4 is 5.32 Å². The van der Waals surface area contributed by atoms with Crippen LogP contribution in [0, 0.1) is 5.92 Å². The molecule has 0 bridgehead atoms. The van der Waals surface area contributed by atoms with Gasteiger partial charge in [-0.1, -0.05) is 42.5 Å². The quantitative estimate of drug-likeness (QED) is 0.747. The Kier molecular flexibility index (Phi) is 4.46. The van der Waals surface area contributed by atoms with Crippen molar-refractivity contribution in [1.29, 1.82) is 0 Å². The maximum atomic E-state index is 13.1. The van der Waals surface area contributed by atoms with Crippen molar-refractivity contribution in [3.8, 4) is 0 Å². The third-order valence-electron chi connectivity index (χ3n) is 5.09. The third kappa shape index (κ3) is 3.33. The number of nitrogens with zero attached hydrogens (tertiary/aromatic N) is 2. The molecule has 3 aromatic rings. The van der Waals surface area contributed by atoms with Crippen LogP contribution >= 0.6 is 0 Å². The molecule has 136 valence electrons. The Morgan fingerprint density at radius 3 is 2.63 bits per heavy atom. The molecule has 0 aliphatic carbocycles. The van der Waals surface area contributed by atoms with Gasteiger partial charge in [-0.25, -0.2) is 4.79 Å². The highest BCUT2D eigenvalue weighted by Crippen LogP contribution is 2.34. The van der Waals surface area contributed by atoms with E-state index in [1.54, 1.807) is 12.4 Å². The molecule has 4 rings (SSSR count). The molecule has 27 heavy (non-hydrogen) atoms. The molecule has 1 fully saturated rings. The smallest absolute Gasteiger partial charge is 0.407 e. The normalized spacial score (nSPS) is 19.2. The summed E-state index contributed by atoms with van der Waals surface area (Å²) in [7, 11) is 0. The second-order valence-corrected chi connectivity index (χ2v) is 6.70. The van der Waals surface area contributed by atoms with E-state index in [0.717, 1.165) is 16.3 Å². The molecule has 0 radical (unpaired) electrons. The van der Waals surface area contributed by atoms with Crippen molar-refractivity contribution in [3.05, 3.63) is 72.6 Å². The predicted molar refractivity (Wildman–Crippen MR) is 103 cm³/mol. The van der Waals surface area contributed by atoms with Gasteiger partial charge < -0.3 is 15.3 Å². The van der Waals surface area contributed by atoms with Gasteiger partial charge in [-0.15, -0.1) is 0 Å². The largest absolute Gasteiger partial charge is 0.465 e. The van der Waals surface area contributed by atoms with Gasteiger partial charge in [0, 0.05) is 47.9 Å². The van der Waals surface area contributed by atoms with Gasteiger partial charge in [0.2, 0.25) is 5.91 Å². The maximum absolute atomic E-state index is 13.1. The summed E-state index contributed by atoms with van der Waals surface area (Å²) in [5, 5.41) is 14.2. The number of fused-ring (bicyclic) bond motifs is 1. The Morgan fingerprint density at radius 2 is 1.85 bits per heavy atom. The number of anilines is 1.